The number of benzene rings is 1. The number of nitriles is 1. The highest BCUT2D eigenvalue weighted by Gasteiger charge is 2.31. The van der Waals surface area contributed by atoms with E-state index in [9.17, 15) is 14.9 Å². The molecule has 2 amide bonds. The molecular formula is C25H30N4O2. The van der Waals surface area contributed by atoms with E-state index >= 15 is 0 Å². The fraction of sp³-hybridized carbons (Fsp3) is 0.400. The molecule has 1 atom stereocenters. The molecule has 0 spiro atoms. The van der Waals surface area contributed by atoms with Gasteiger partial charge in [0.15, 0.2) is 0 Å². The highest BCUT2D eigenvalue weighted by atomic mass is 16.2. The molecule has 1 N–H and O–H groups in total. The average Bonchev–Trinajstić information content (AvgIpc) is 2.90. The van der Waals surface area contributed by atoms with Gasteiger partial charge in [-0.3, -0.25) is 9.59 Å². The monoisotopic (exact) mass is 418 g/mol. The van der Waals surface area contributed by atoms with E-state index in [1.165, 1.54) is 0 Å². The van der Waals surface area contributed by atoms with Crippen molar-refractivity contribution >= 4 is 17.9 Å². The van der Waals surface area contributed by atoms with Crippen molar-refractivity contribution < 1.29 is 9.59 Å². The van der Waals surface area contributed by atoms with Crippen LogP contribution in [0, 0.1) is 31.1 Å². The minimum Gasteiger partial charge on any atom is -0.354 e. The molecule has 1 unspecified atom stereocenters. The first-order chi connectivity index (χ1) is 14.8. The van der Waals surface area contributed by atoms with Crippen LogP contribution in [-0.4, -0.2) is 34.4 Å². The molecule has 2 aromatic rings. The van der Waals surface area contributed by atoms with Crippen LogP contribution in [0.5, 0.6) is 0 Å². The molecule has 2 heterocycles. The molecule has 0 radical (unpaired) electrons. The van der Waals surface area contributed by atoms with E-state index in [4.69, 9.17) is 0 Å². The lowest BCUT2D eigenvalue weighted by molar-refractivity contribution is -0.129. The number of aryl methyl sites for hydroxylation is 1. The van der Waals surface area contributed by atoms with Crippen LogP contribution in [0.25, 0.3) is 6.08 Å². The summed E-state index contributed by atoms with van der Waals surface area (Å²) in [6.07, 6.45) is 1.86. The van der Waals surface area contributed by atoms with Crippen molar-refractivity contribution in [2.45, 2.75) is 46.7 Å². The molecule has 6 heteroatoms. The second-order valence-electron chi connectivity index (χ2n) is 8.48. The summed E-state index contributed by atoms with van der Waals surface area (Å²) < 4.78 is 2.22. The highest BCUT2D eigenvalue weighted by molar-refractivity contribution is 6.02. The summed E-state index contributed by atoms with van der Waals surface area (Å²) in [5.74, 6) is 0.0536. The molecule has 1 aliphatic rings. The van der Waals surface area contributed by atoms with Crippen molar-refractivity contribution in [3.63, 3.8) is 0 Å². The summed E-state index contributed by atoms with van der Waals surface area (Å²) in [6, 6.07) is 13.2. The smallest absolute Gasteiger partial charge is 0.265 e. The number of nitrogens with one attached hydrogen (secondary N) is 1. The van der Waals surface area contributed by atoms with Gasteiger partial charge in [0, 0.05) is 31.0 Å². The first-order valence-corrected chi connectivity index (χ1v) is 10.7. The molecule has 0 saturated carbocycles. The van der Waals surface area contributed by atoms with Gasteiger partial charge in [-0.05, 0) is 43.0 Å². The van der Waals surface area contributed by atoms with Crippen molar-refractivity contribution in [2.75, 3.05) is 13.1 Å². The molecule has 6 nitrogen and oxygen atoms in total. The van der Waals surface area contributed by atoms with Crippen LogP contribution in [0.4, 0.5) is 0 Å². The van der Waals surface area contributed by atoms with Gasteiger partial charge >= 0.3 is 0 Å². The van der Waals surface area contributed by atoms with Crippen LogP contribution in [0.15, 0.2) is 42.0 Å². The Morgan fingerprint density at radius 1 is 1.29 bits per heavy atom. The zero-order chi connectivity index (χ0) is 22.5. The SMILES string of the molecule is Cc1cc(/C=C(/C#N)C(=O)N2CCNC(=O)CC2c2ccccc2)c(C)n1CC(C)C. The van der Waals surface area contributed by atoms with Crippen molar-refractivity contribution in [3.05, 3.63) is 64.5 Å². The third-order valence-corrected chi connectivity index (χ3v) is 5.69. The zero-order valence-electron chi connectivity index (χ0n) is 18.7. The van der Waals surface area contributed by atoms with E-state index in [2.05, 4.69) is 29.8 Å². The van der Waals surface area contributed by atoms with E-state index in [-0.39, 0.29) is 23.8 Å². The van der Waals surface area contributed by atoms with Gasteiger partial charge in [0.1, 0.15) is 11.6 Å². The highest BCUT2D eigenvalue weighted by Crippen LogP contribution is 2.28. The predicted molar refractivity (Wildman–Crippen MR) is 121 cm³/mol. The Kier molecular flexibility index (Phi) is 6.96. The molecule has 0 aliphatic carbocycles. The van der Waals surface area contributed by atoms with Gasteiger partial charge < -0.3 is 14.8 Å². The minimum absolute atomic E-state index is 0.0834. The lowest BCUT2D eigenvalue weighted by Gasteiger charge is -2.29. The predicted octanol–water partition coefficient (Wildman–Crippen LogP) is 3.76. The lowest BCUT2D eigenvalue weighted by atomic mass is 10.0. The first-order valence-electron chi connectivity index (χ1n) is 10.7. The molecule has 1 saturated heterocycles. The van der Waals surface area contributed by atoms with Crippen LogP contribution in [0.2, 0.25) is 0 Å². The molecule has 0 bridgehead atoms. The van der Waals surface area contributed by atoms with Crippen LogP contribution in [-0.2, 0) is 16.1 Å². The van der Waals surface area contributed by atoms with Gasteiger partial charge in [0.25, 0.3) is 5.91 Å². The summed E-state index contributed by atoms with van der Waals surface area (Å²) in [6.45, 7) is 10.00. The van der Waals surface area contributed by atoms with Gasteiger partial charge in [-0.1, -0.05) is 44.2 Å². The Hall–Kier alpha value is -3.33. The fourth-order valence-corrected chi connectivity index (χ4v) is 4.12. The lowest BCUT2D eigenvalue weighted by Crippen LogP contribution is -2.37. The fourth-order valence-electron chi connectivity index (χ4n) is 4.12. The number of hydrogen-bond donors (Lipinski definition) is 1. The zero-order valence-corrected chi connectivity index (χ0v) is 18.7. The number of amides is 2. The van der Waals surface area contributed by atoms with E-state index < -0.39 is 6.04 Å². The van der Waals surface area contributed by atoms with Crippen molar-refractivity contribution in [2.24, 2.45) is 5.92 Å². The number of aromatic nitrogens is 1. The van der Waals surface area contributed by atoms with Gasteiger partial charge in [-0.2, -0.15) is 5.26 Å². The summed E-state index contributed by atoms with van der Waals surface area (Å²) in [7, 11) is 0. The van der Waals surface area contributed by atoms with Crippen LogP contribution >= 0.6 is 0 Å². The molecule has 31 heavy (non-hydrogen) atoms. The van der Waals surface area contributed by atoms with E-state index in [1.54, 1.807) is 11.0 Å². The van der Waals surface area contributed by atoms with Crippen molar-refractivity contribution in [1.82, 2.24) is 14.8 Å². The van der Waals surface area contributed by atoms with Gasteiger partial charge in [0.2, 0.25) is 5.91 Å². The van der Waals surface area contributed by atoms with E-state index in [0.717, 1.165) is 29.1 Å². The van der Waals surface area contributed by atoms with E-state index in [0.29, 0.717) is 19.0 Å². The first kappa shape index (κ1) is 22.4. The van der Waals surface area contributed by atoms with Crippen molar-refractivity contribution in [1.29, 1.82) is 5.26 Å². The molecule has 1 aliphatic heterocycles. The molecule has 3 rings (SSSR count). The second-order valence-corrected chi connectivity index (χ2v) is 8.48. The Balaban J connectivity index is 1.96. The van der Waals surface area contributed by atoms with Crippen LogP contribution in [0.3, 0.4) is 0 Å². The van der Waals surface area contributed by atoms with Gasteiger partial charge in [-0.25, -0.2) is 0 Å². The number of carbonyl (C=O) groups is 2. The number of hydrogen-bond acceptors (Lipinski definition) is 3. The Bertz CT molecular complexity index is 1030. The summed E-state index contributed by atoms with van der Waals surface area (Å²) >= 11 is 0. The second kappa shape index (κ2) is 9.65. The topological polar surface area (TPSA) is 78.1 Å². The third kappa shape index (κ3) is 5.05. The molecule has 1 fully saturated rings. The minimum atomic E-state index is -0.402. The molecule has 1 aromatic heterocycles. The normalized spacial score (nSPS) is 17.3. The Morgan fingerprint density at radius 3 is 2.65 bits per heavy atom. The summed E-state index contributed by atoms with van der Waals surface area (Å²) in [5.41, 5.74) is 4.00. The van der Waals surface area contributed by atoms with E-state index in [1.807, 2.05) is 50.2 Å². The quantitative estimate of drug-likeness (QED) is 0.593. The molecule has 162 valence electrons. The van der Waals surface area contributed by atoms with Crippen molar-refractivity contribution in [3.8, 4) is 6.07 Å². The summed E-state index contributed by atoms with van der Waals surface area (Å²) in [5, 5.41) is 12.7. The number of nitrogens with zero attached hydrogens (tertiary/aromatic N) is 3. The maximum Gasteiger partial charge on any atom is 0.265 e. The van der Waals surface area contributed by atoms with Crippen LogP contribution < -0.4 is 5.32 Å². The van der Waals surface area contributed by atoms with Gasteiger partial charge in [0.05, 0.1) is 12.5 Å². The third-order valence-electron chi connectivity index (χ3n) is 5.69. The maximum absolute atomic E-state index is 13.4. The van der Waals surface area contributed by atoms with Gasteiger partial charge in [-0.15, -0.1) is 0 Å². The maximum atomic E-state index is 13.4. The molecule has 1 aromatic carbocycles. The average molecular weight is 419 g/mol. The largest absolute Gasteiger partial charge is 0.354 e. The Labute approximate surface area is 184 Å². The standard InChI is InChI=1S/C25H30N4O2/c1-17(2)16-29-18(3)12-21(19(29)4)13-22(15-26)25(31)28-11-10-27-24(30)14-23(28)20-8-6-5-7-9-20/h5-9,12-13,17,23H,10-11,14,16H2,1-4H3,(H,27,30)/b22-13-. The Morgan fingerprint density at radius 2 is 2.00 bits per heavy atom. The van der Waals surface area contributed by atoms with Crippen LogP contribution in [0.1, 0.15) is 48.8 Å². The number of rotatable bonds is 5. The molecular weight excluding hydrogens is 388 g/mol. The number of carbonyl (C=O) groups excluding carboxylic acids is 2. The summed E-state index contributed by atoms with van der Waals surface area (Å²) in [4.78, 5) is 27.3.